The minimum atomic E-state index is -0.331. The summed E-state index contributed by atoms with van der Waals surface area (Å²) >= 11 is 0. The van der Waals surface area contributed by atoms with Crippen LogP contribution in [0.3, 0.4) is 0 Å². The molecule has 0 aromatic heterocycles. The summed E-state index contributed by atoms with van der Waals surface area (Å²) < 4.78 is 19.4. The molecule has 1 atom stereocenters. The molecule has 0 spiro atoms. The summed E-state index contributed by atoms with van der Waals surface area (Å²) in [6.07, 6.45) is 0.187. The third-order valence-electron chi connectivity index (χ3n) is 3.39. The van der Waals surface area contributed by atoms with Crippen molar-refractivity contribution in [2.45, 2.75) is 19.4 Å². The standard InChI is InChI=1S/C16H13FO2/c1-10(18)19-15-9-11-5-4-8-14(17)16(11)13-7-3-2-6-12(13)15/h2-8,15H,9H2,1H3. The van der Waals surface area contributed by atoms with Gasteiger partial charge in [0.25, 0.3) is 0 Å². The Bertz CT molecular complexity index is 649. The van der Waals surface area contributed by atoms with E-state index in [4.69, 9.17) is 4.74 Å². The fourth-order valence-corrected chi connectivity index (χ4v) is 2.66. The van der Waals surface area contributed by atoms with Crippen LogP contribution in [0.15, 0.2) is 42.5 Å². The molecule has 0 bridgehead atoms. The van der Waals surface area contributed by atoms with E-state index < -0.39 is 0 Å². The molecule has 19 heavy (non-hydrogen) atoms. The third-order valence-corrected chi connectivity index (χ3v) is 3.39. The number of ether oxygens (including phenoxy) is 1. The Morgan fingerprint density at radius 3 is 2.79 bits per heavy atom. The molecule has 96 valence electrons. The highest BCUT2D eigenvalue weighted by Crippen LogP contribution is 2.41. The van der Waals surface area contributed by atoms with Gasteiger partial charge < -0.3 is 4.74 Å². The van der Waals surface area contributed by atoms with Crippen LogP contribution in [0, 0.1) is 5.82 Å². The Hall–Kier alpha value is -2.16. The van der Waals surface area contributed by atoms with E-state index in [0.29, 0.717) is 12.0 Å². The highest BCUT2D eigenvalue weighted by atomic mass is 19.1. The van der Waals surface area contributed by atoms with Gasteiger partial charge in [0.1, 0.15) is 11.9 Å². The van der Waals surface area contributed by atoms with Crippen molar-refractivity contribution in [1.82, 2.24) is 0 Å². The minimum absolute atomic E-state index is 0.230. The quantitative estimate of drug-likeness (QED) is 0.728. The SMILES string of the molecule is CC(=O)OC1Cc2cccc(F)c2-c2ccccc21. The lowest BCUT2D eigenvalue weighted by Gasteiger charge is -2.27. The summed E-state index contributed by atoms with van der Waals surface area (Å²) in [4.78, 5) is 11.2. The zero-order chi connectivity index (χ0) is 13.4. The Kier molecular flexibility index (Phi) is 2.82. The summed E-state index contributed by atoms with van der Waals surface area (Å²) in [5, 5.41) is 0. The second-order valence-electron chi connectivity index (χ2n) is 4.66. The monoisotopic (exact) mass is 256 g/mol. The normalized spacial score (nSPS) is 16.4. The summed E-state index contributed by atoms with van der Waals surface area (Å²) in [5.41, 5.74) is 3.19. The van der Waals surface area contributed by atoms with Gasteiger partial charge in [-0.05, 0) is 17.2 Å². The smallest absolute Gasteiger partial charge is 0.303 e. The molecular formula is C16H13FO2. The first-order valence-electron chi connectivity index (χ1n) is 6.20. The number of halogens is 1. The molecule has 2 nitrogen and oxygen atoms in total. The van der Waals surface area contributed by atoms with Crippen molar-refractivity contribution in [3.05, 3.63) is 59.4 Å². The average Bonchev–Trinajstić information content (AvgIpc) is 2.38. The van der Waals surface area contributed by atoms with E-state index in [-0.39, 0.29) is 17.9 Å². The Morgan fingerprint density at radius 2 is 2.00 bits per heavy atom. The van der Waals surface area contributed by atoms with Crippen molar-refractivity contribution < 1.29 is 13.9 Å². The van der Waals surface area contributed by atoms with Crippen LogP contribution in [-0.2, 0) is 16.0 Å². The van der Waals surface area contributed by atoms with Gasteiger partial charge in [-0.2, -0.15) is 0 Å². The maximum atomic E-state index is 14.0. The van der Waals surface area contributed by atoms with Crippen molar-refractivity contribution in [2.75, 3.05) is 0 Å². The molecule has 0 fully saturated rings. The van der Waals surface area contributed by atoms with Gasteiger partial charge in [0.05, 0.1) is 0 Å². The van der Waals surface area contributed by atoms with Crippen molar-refractivity contribution in [3.63, 3.8) is 0 Å². The van der Waals surface area contributed by atoms with Gasteiger partial charge in [0, 0.05) is 24.5 Å². The first-order chi connectivity index (χ1) is 9.16. The lowest BCUT2D eigenvalue weighted by atomic mass is 9.83. The van der Waals surface area contributed by atoms with Crippen LogP contribution in [-0.4, -0.2) is 5.97 Å². The van der Waals surface area contributed by atoms with Gasteiger partial charge in [-0.1, -0.05) is 36.4 Å². The first-order valence-corrected chi connectivity index (χ1v) is 6.20. The maximum absolute atomic E-state index is 14.0. The largest absolute Gasteiger partial charge is 0.457 e. The maximum Gasteiger partial charge on any atom is 0.303 e. The first kappa shape index (κ1) is 11.9. The van der Waals surface area contributed by atoms with Gasteiger partial charge in [-0.25, -0.2) is 4.39 Å². The second-order valence-corrected chi connectivity index (χ2v) is 4.66. The van der Waals surface area contributed by atoms with Crippen molar-refractivity contribution in [3.8, 4) is 11.1 Å². The van der Waals surface area contributed by atoms with E-state index in [9.17, 15) is 9.18 Å². The molecule has 0 heterocycles. The van der Waals surface area contributed by atoms with Crippen LogP contribution in [0.25, 0.3) is 11.1 Å². The Morgan fingerprint density at radius 1 is 1.21 bits per heavy atom. The number of hydrogen-bond donors (Lipinski definition) is 0. The van der Waals surface area contributed by atoms with Gasteiger partial charge in [0.2, 0.25) is 0 Å². The summed E-state index contributed by atoms with van der Waals surface area (Å²) in [6, 6.07) is 12.5. The summed E-state index contributed by atoms with van der Waals surface area (Å²) in [7, 11) is 0. The van der Waals surface area contributed by atoms with Gasteiger partial charge in [-0.15, -0.1) is 0 Å². The zero-order valence-corrected chi connectivity index (χ0v) is 10.5. The molecule has 3 rings (SSSR count). The van der Waals surface area contributed by atoms with Crippen LogP contribution in [0.1, 0.15) is 24.2 Å². The number of rotatable bonds is 1. The zero-order valence-electron chi connectivity index (χ0n) is 10.5. The van der Waals surface area contributed by atoms with Crippen LogP contribution in [0.5, 0.6) is 0 Å². The van der Waals surface area contributed by atoms with E-state index in [1.165, 1.54) is 13.0 Å². The molecule has 2 aromatic rings. The molecule has 0 saturated heterocycles. The highest BCUT2D eigenvalue weighted by Gasteiger charge is 2.28. The van der Waals surface area contributed by atoms with Crippen LogP contribution in [0.2, 0.25) is 0 Å². The number of hydrogen-bond acceptors (Lipinski definition) is 2. The van der Waals surface area contributed by atoms with Crippen LogP contribution in [0.4, 0.5) is 4.39 Å². The predicted molar refractivity (Wildman–Crippen MR) is 70.0 cm³/mol. The van der Waals surface area contributed by atoms with Crippen molar-refractivity contribution in [2.24, 2.45) is 0 Å². The number of carbonyl (C=O) groups is 1. The third kappa shape index (κ3) is 2.01. The molecule has 0 amide bonds. The molecule has 0 saturated carbocycles. The Balaban J connectivity index is 2.18. The van der Waals surface area contributed by atoms with Gasteiger partial charge in [0.15, 0.2) is 0 Å². The van der Waals surface area contributed by atoms with Crippen LogP contribution >= 0.6 is 0 Å². The van der Waals surface area contributed by atoms with E-state index in [1.54, 1.807) is 6.07 Å². The Labute approximate surface area is 110 Å². The molecule has 0 N–H and O–H groups in total. The second kappa shape index (κ2) is 4.50. The van der Waals surface area contributed by atoms with E-state index in [0.717, 1.165) is 16.7 Å². The molecule has 0 radical (unpaired) electrons. The topological polar surface area (TPSA) is 26.3 Å². The van der Waals surface area contributed by atoms with Crippen molar-refractivity contribution >= 4 is 5.97 Å². The molecule has 2 aromatic carbocycles. The number of benzene rings is 2. The van der Waals surface area contributed by atoms with Crippen molar-refractivity contribution in [1.29, 1.82) is 0 Å². The molecule has 1 aliphatic rings. The number of carbonyl (C=O) groups excluding carboxylic acids is 1. The van der Waals surface area contributed by atoms with E-state index >= 15 is 0 Å². The predicted octanol–water partition coefficient (Wildman–Crippen LogP) is 3.65. The van der Waals surface area contributed by atoms with Gasteiger partial charge >= 0.3 is 5.97 Å². The lowest BCUT2D eigenvalue weighted by Crippen LogP contribution is -2.17. The molecule has 1 unspecified atom stereocenters. The fourth-order valence-electron chi connectivity index (χ4n) is 2.66. The minimum Gasteiger partial charge on any atom is -0.457 e. The fraction of sp³-hybridized carbons (Fsp3) is 0.188. The van der Waals surface area contributed by atoms with E-state index in [1.807, 2.05) is 30.3 Å². The summed E-state index contributed by atoms with van der Waals surface area (Å²) in [5.74, 6) is -0.550. The van der Waals surface area contributed by atoms with Gasteiger partial charge in [-0.3, -0.25) is 4.79 Å². The number of esters is 1. The summed E-state index contributed by atoms with van der Waals surface area (Å²) in [6.45, 7) is 1.39. The molecular weight excluding hydrogens is 243 g/mol. The lowest BCUT2D eigenvalue weighted by molar-refractivity contribution is -0.146. The number of fused-ring (bicyclic) bond motifs is 3. The molecule has 0 aliphatic heterocycles. The van der Waals surface area contributed by atoms with Crippen LogP contribution < -0.4 is 0 Å². The molecule has 1 aliphatic carbocycles. The average molecular weight is 256 g/mol. The van der Waals surface area contributed by atoms with E-state index in [2.05, 4.69) is 0 Å². The molecule has 3 heteroatoms. The highest BCUT2D eigenvalue weighted by molar-refractivity contribution is 5.75.